The number of carbonyl (C=O) groups excluding carboxylic acids is 5. The summed E-state index contributed by atoms with van der Waals surface area (Å²) in [5, 5.41) is 2.65. The Morgan fingerprint density at radius 1 is 1.00 bits per heavy atom. The van der Waals surface area contributed by atoms with Crippen LogP contribution in [0.1, 0.15) is 40.0 Å². The minimum Gasteiger partial charge on any atom is -0.465 e. The van der Waals surface area contributed by atoms with Crippen molar-refractivity contribution in [3.05, 3.63) is 12.2 Å². The molecule has 0 aromatic rings. The zero-order valence-electron chi connectivity index (χ0n) is 18.9. The van der Waals surface area contributed by atoms with Gasteiger partial charge in [-0.25, -0.2) is 0 Å². The number of nitrogens with zero attached hydrogens (tertiary/aromatic N) is 1. The van der Waals surface area contributed by atoms with Gasteiger partial charge in [0.25, 0.3) is 11.8 Å². The van der Waals surface area contributed by atoms with Crippen LogP contribution >= 0.6 is 15.9 Å². The van der Waals surface area contributed by atoms with Crippen molar-refractivity contribution in [1.29, 1.82) is 0 Å². The lowest BCUT2D eigenvalue weighted by atomic mass is 9.83. The van der Waals surface area contributed by atoms with E-state index >= 15 is 0 Å². The summed E-state index contributed by atoms with van der Waals surface area (Å²) in [5.74, 6) is -2.14. The summed E-state index contributed by atoms with van der Waals surface area (Å²) in [6.45, 7) is 5.76. The van der Waals surface area contributed by atoms with Gasteiger partial charge in [0, 0.05) is 38.8 Å². The van der Waals surface area contributed by atoms with E-state index in [1.807, 2.05) is 0 Å². The quantitative estimate of drug-likeness (QED) is 0.157. The second-order valence-corrected chi connectivity index (χ2v) is 9.89. The first kappa shape index (κ1) is 27.8. The molecule has 0 aromatic heterocycles. The summed E-state index contributed by atoms with van der Waals surface area (Å²) in [6.07, 6.45) is 2.87. The van der Waals surface area contributed by atoms with Crippen LogP contribution in [0.5, 0.6) is 0 Å². The van der Waals surface area contributed by atoms with Crippen molar-refractivity contribution >= 4 is 45.6 Å². The molecule has 0 fully saturated rings. The number of hydrogen-bond donors (Lipinski definition) is 1. The van der Waals surface area contributed by atoms with E-state index in [2.05, 4.69) is 21.2 Å². The third-order valence-electron chi connectivity index (χ3n) is 4.61. The Kier molecular flexibility index (Phi) is 11.0. The Labute approximate surface area is 196 Å². The molecule has 1 unspecified atom stereocenters. The second-order valence-electron chi connectivity index (χ2n) is 8.14. The molecule has 1 atom stereocenters. The Bertz CT molecular complexity index is 730. The fraction of sp³-hybridized carbons (Fsp3) is 0.667. The third-order valence-corrected chi connectivity index (χ3v) is 5.22. The zero-order valence-corrected chi connectivity index (χ0v) is 20.5. The van der Waals surface area contributed by atoms with E-state index in [1.165, 1.54) is 19.3 Å². The number of rotatable bonds is 14. The lowest BCUT2D eigenvalue weighted by Crippen LogP contribution is -2.40. The van der Waals surface area contributed by atoms with E-state index in [0.717, 1.165) is 4.90 Å². The van der Waals surface area contributed by atoms with E-state index in [9.17, 15) is 24.0 Å². The summed E-state index contributed by atoms with van der Waals surface area (Å²) < 4.78 is 14.2. The van der Waals surface area contributed by atoms with Gasteiger partial charge in [-0.3, -0.25) is 28.9 Å². The van der Waals surface area contributed by atoms with Crippen LogP contribution in [-0.2, 0) is 38.2 Å². The number of ether oxygens (including phenoxy) is 3. The lowest BCUT2D eigenvalue weighted by Gasteiger charge is -2.30. The van der Waals surface area contributed by atoms with Gasteiger partial charge in [0.15, 0.2) is 0 Å². The molecule has 180 valence electrons. The normalized spacial score (nSPS) is 15.5. The van der Waals surface area contributed by atoms with Crippen LogP contribution in [0.15, 0.2) is 12.2 Å². The van der Waals surface area contributed by atoms with E-state index in [0.29, 0.717) is 6.42 Å². The molecule has 1 heterocycles. The number of amides is 3. The largest absolute Gasteiger partial charge is 0.465 e. The number of esters is 2. The highest BCUT2D eigenvalue weighted by Gasteiger charge is 2.42. The van der Waals surface area contributed by atoms with Crippen molar-refractivity contribution in [2.24, 2.45) is 5.41 Å². The molecular formula is C21H31BrN2O8. The fourth-order valence-corrected chi connectivity index (χ4v) is 3.77. The van der Waals surface area contributed by atoms with Crippen LogP contribution in [-0.4, -0.2) is 78.9 Å². The van der Waals surface area contributed by atoms with Crippen molar-refractivity contribution in [3.8, 4) is 0 Å². The Morgan fingerprint density at radius 3 is 2.19 bits per heavy atom. The minimum absolute atomic E-state index is 0.00368. The van der Waals surface area contributed by atoms with Gasteiger partial charge in [-0.1, -0.05) is 15.9 Å². The summed E-state index contributed by atoms with van der Waals surface area (Å²) in [5.41, 5.74) is -0.954. The average Bonchev–Trinajstić information content (AvgIpc) is 3.02. The molecule has 0 aromatic carbocycles. The molecule has 0 aliphatic carbocycles. The molecule has 1 rings (SSSR count). The van der Waals surface area contributed by atoms with Gasteiger partial charge in [0.2, 0.25) is 5.91 Å². The molecule has 32 heavy (non-hydrogen) atoms. The molecule has 11 heteroatoms. The highest BCUT2D eigenvalue weighted by Crippen LogP contribution is 2.35. The van der Waals surface area contributed by atoms with Crippen LogP contribution < -0.4 is 5.32 Å². The number of hydrogen-bond acceptors (Lipinski definition) is 8. The molecule has 0 radical (unpaired) electrons. The molecular weight excluding hydrogens is 488 g/mol. The first-order chi connectivity index (χ1) is 14.9. The third kappa shape index (κ3) is 9.07. The van der Waals surface area contributed by atoms with Crippen LogP contribution in [0.4, 0.5) is 0 Å². The van der Waals surface area contributed by atoms with Gasteiger partial charge in [-0.2, -0.15) is 0 Å². The van der Waals surface area contributed by atoms with Crippen molar-refractivity contribution in [1.82, 2.24) is 10.2 Å². The van der Waals surface area contributed by atoms with Gasteiger partial charge in [-0.15, -0.1) is 0 Å². The molecule has 10 nitrogen and oxygen atoms in total. The Morgan fingerprint density at radius 2 is 1.59 bits per heavy atom. The van der Waals surface area contributed by atoms with E-state index in [4.69, 9.17) is 14.2 Å². The van der Waals surface area contributed by atoms with Crippen LogP contribution in [0.3, 0.4) is 0 Å². The van der Waals surface area contributed by atoms with Crippen LogP contribution in [0.25, 0.3) is 0 Å². The van der Waals surface area contributed by atoms with Crippen molar-refractivity contribution in [3.63, 3.8) is 0 Å². The molecule has 0 bridgehead atoms. The highest BCUT2D eigenvalue weighted by atomic mass is 79.9. The predicted molar refractivity (Wildman–Crippen MR) is 118 cm³/mol. The summed E-state index contributed by atoms with van der Waals surface area (Å²) in [7, 11) is 1.50. The number of imide groups is 1. The average molecular weight is 519 g/mol. The summed E-state index contributed by atoms with van der Waals surface area (Å²) in [4.78, 5) is 60.4. The van der Waals surface area contributed by atoms with Crippen molar-refractivity contribution < 1.29 is 38.2 Å². The number of halogens is 1. The minimum atomic E-state index is -1.06. The Hall–Kier alpha value is -2.27. The fourth-order valence-electron chi connectivity index (χ4n) is 2.96. The number of methoxy groups -OCH3 is 1. The van der Waals surface area contributed by atoms with Crippen molar-refractivity contribution in [2.75, 3.05) is 40.0 Å². The number of nitrogens with one attached hydrogen (secondary N) is 1. The summed E-state index contributed by atoms with van der Waals surface area (Å²) in [6, 6.07) is 0. The topological polar surface area (TPSA) is 128 Å². The zero-order chi connectivity index (χ0) is 24.4. The smallest absolute Gasteiger partial charge is 0.322 e. The van der Waals surface area contributed by atoms with E-state index in [-0.39, 0.29) is 51.7 Å². The van der Waals surface area contributed by atoms with Crippen LogP contribution in [0.2, 0.25) is 0 Å². The SMILES string of the molecule is COCCOC(=O)C(C)(Br)CC(C)(C)C(=O)OCCCNC(=O)CCN1C(=O)C=CC1=O. The molecule has 3 amide bonds. The van der Waals surface area contributed by atoms with E-state index < -0.39 is 33.5 Å². The molecule has 1 N–H and O–H groups in total. The molecule has 1 aliphatic rings. The highest BCUT2D eigenvalue weighted by molar-refractivity contribution is 9.10. The van der Waals surface area contributed by atoms with Gasteiger partial charge in [0.1, 0.15) is 10.9 Å². The summed E-state index contributed by atoms with van der Waals surface area (Å²) >= 11 is 3.34. The maximum Gasteiger partial charge on any atom is 0.322 e. The molecule has 0 saturated heterocycles. The van der Waals surface area contributed by atoms with Gasteiger partial charge >= 0.3 is 11.9 Å². The Balaban J connectivity index is 2.29. The van der Waals surface area contributed by atoms with Gasteiger partial charge in [-0.05, 0) is 33.6 Å². The number of carbonyl (C=O) groups is 5. The first-order valence-corrected chi connectivity index (χ1v) is 11.0. The number of alkyl halides is 1. The van der Waals surface area contributed by atoms with Gasteiger partial charge in [0.05, 0.1) is 18.6 Å². The first-order valence-electron chi connectivity index (χ1n) is 10.2. The standard InChI is InChI=1S/C21H31BrN2O8/c1-20(2,14-21(3,22)19(29)32-13-12-30-4)18(28)31-11-5-9-23-15(25)8-10-24-16(26)6-7-17(24)27/h6-7H,5,8-14H2,1-4H3,(H,23,25). The molecule has 0 saturated carbocycles. The maximum absolute atomic E-state index is 12.5. The second kappa shape index (κ2) is 12.7. The van der Waals surface area contributed by atoms with Gasteiger partial charge < -0.3 is 19.5 Å². The monoisotopic (exact) mass is 518 g/mol. The lowest BCUT2D eigenvalue weighted by molar-refractivity contribution is -0.156. The molecule has 1 aliphatic heterocycles. The predicted octanol–water partition coefficient (Wildman–Crippen LogP) is 1.11. The van der Waals surface area contributed by atoms with E-state index in [1.54, 1.807) is 20.8 Å². The molecule has 0 spiro atoms. The van der Waals surface area contributed by atoms with Crippen LogP contribution in [0, 0.1) is 5.41 Å². The van der Waals surface area contributed by atoms with Crippen molar-refractivity contribution in [2.45, 2.75) is 44.4 Å². The maximum atomic E-state index is 12.5.